The summed E-state index contributed by atoms with van der Waals surface area (Å²) >= 11 is 0. The third-order valence-corrected chi connectivity index (χ3v) is 3.05. The number of hydrogen-bond donors (Lipinski definition) is 1. The van der Waals surface area contributed by atoms with Crippen molar-refractivity contribution in [2.24, 2.45) is 0 Å². The van der Waals surface area contributed by atoms with Gasteiger partial charge < -0.3 is 14.8 Å². The Morgan fingerprint density at radius 3 is 2.79 bits per heavy atom. The summed E-state index contributed by atoms with van der Waals surface area (Å²) in [6.45, 7) is 6.76. The highest BCUT2D eigenvalue weighted by molar-refractivity contribution is 5.30. The van der Waals surface area contributed by atoms with Gasteiger partial charge in [0.2, 0.25) is 0 Å². The zero-order valence-electron chi connectivity index (χ0n) is 12.4. The minimum absolute atomic E-state index is 0.385. The van der Waals surface area contributed by atoms with Crippen molar-refractivity contribution in [3.05, 3.63) is 29.8 Å². The van der Waals surface area contributed by atoms with Crippen LogP contribution in [-0.4, -0.2) is 26.9 Å². The molecule has 0 bridgehead atoms. The summed E-state index contributed by atoms with van der Waals surface area (Å²) in [5, 5.41) is 3.60. The average Bonchev–Trinajstić information content (AvgIpc) is 2.43. The second kappa shape index (κ2) is 9.82. The zero-order valence-corrected chi connectivity index (χ0v) is 12.4. The van der Waals surface area contributed by atoms with Gasteiger partial charge in [0.1, 0.15) is 5.75 Å². The number of hydrogen-bond acceptors (Lipinski definition) is 3. The van der Waals surface area contributed by atoms with Crippen LogP contribution in [0.15, 0.2) is 24.3 Å². The fourth-order valence-electron chi connectivity index (χ4n) is 2.12. The van der Waals surface area contributed by atoms with Gasteiger partial charge in [-0.25, -0.2) is 0 Å². The largest absolute Gasteiger partial charge is 0.494 e. The highest BCUT2D eigenvalue weighted by Gasteiger charge is 2.11. The van der Waals surface area contributed by atoms with Crippen LogP contribution in [0.3, 0.4) is 0 Å². The first-order valence-corrected chi connectivity index (χ1v) is 7.26. The van der Waals surface area contributed by atoms with Crippen molar-refractivity contribution in [3.63, 3.8) is 0 Å². The maximum Gasteiger partial charge on any atom is 0.119 e. The number of ether oxygens (including phenoxy) is 2. The van der Waals surface area contributed by atoms with Crippen molar-refractivity contribution in [1.29, 1.82) is 0 Å². The molecule has 0 aliphatic heterocycles. The number of benzene rings is 1. The van der Waals surface area contributed by atoms with Gasteiger partial charge in [0, 0.05) is 19.8 Å². The second-order valence-electron chi connectivity index (χ2n) is 4.65. The summed E-state index contributed by atoms with van der Waals surface area (Å²) in [5.41, 5.74) is 1.30. The molecule has 0 saturated heterocycles. The Balaban J connectivity index is 2.68. The highest BCUT2D eigenvalue weighted by Crippen LogP contribution is 2.23. The topological polar surface area (TPSA) is 30.5 Å². The molecule has 1 atom stereocenters. The highest BCUT2D eigenvalue weighted by atomic mass is 16.5. The van der Waals surface area contributed by atoms with Gasteiger partial charge in [-0.3, -0.25) is 0 Å². The van der Waals surface area contributed by atoms with Crippen molar-refractivity contribution in [3.8, 4) is 5.75 Å². The van der Waals surface area contributed by atoms with Crippen LogP contribution in [0.5, 0.6) is 5.75 Å². The Hall–Kier alpha value is -1.06. The molecular weight excluding hydrogens is 238 g/mol. The molecule has 0 aromatic heterocycles. The van der Waals surface area contributed by atoms with E-state index >= 15 is 0 Å². The Kier molecular flexibility index (Phi) is 8.26. The van der Waals surface area contributed by atoms with Crippen LogP contribution in [0, 0.1) is 0 Å². The van der Waals surface area contributed by atoms with E-state index in [2.05, 4.69) is 30.4 Å². The lowest BCUT2D eigenvalue weighted by atomic mass is 10.0. The Morgan fingerprint density at radius 2 is 2.11 bits per heavy atom. The third kappa shape index (κ3) is 6.08. The van der Waals surface area contributed by atoms with E-state index in [9.17, 15) is 0 Å². The number of rotatable bonds is 10. The quantitative estimate of drug-likeness (QED) is 0.656. The Labute approximate surface area is 117 Å². The van der Waals surface area contributed by atoms with Crippen molar-refractivity contribution >= 4 is 0 Å². The van der Waals surface area contributed by atoms with Gasteiger partial charge in [0.15, 0.2) is 0 Å². The SMILES string of the molecule is CCCNC(CCCOC)c1cccc(OCC)c1. The molecule has 19 heavy (non-hydrogen) atoms. The fourth-order valence-corrected chi connectivity index (χ4v) is 2.12. The molecule has 0 radical (unpaired) electrons. The van der Waals surface area contributed by atoms with E-state index in [-0.39, 0.29) is 0 Å². The van der Waals surface area contributed by atoms with Crippen molar-refractivity contribution in [1.82, 2.24) is 5.32 Å². The lowest BCUT2D eigenvalue weighted by Gasteiger charge is -2.19. The van der Waals surface area contributed by atoms with E-state index < -0.39 is 0 Å². The van der Waals surface area contributed by atoms with Crippen LogP contribution >= 0.6 is 0 Å². The first-order chi connectivity index (χ1) is 9.31. The average molecular weight is 265 g/mol. The summed E-state index contributed by atoms with van der Waals surface area (Å²) in [5.74, 6) is 0.954. The molecular formula is C16H27NO2. The number of nitrogens with one attached hydrogen (secondary N) is 1. The van der Waals surface area contributed by atoms with Gasteiger partial charge in [-0.2, -0.15) is 0 Å². The van der Waals surface area contributed by atoms with Gasteiger partial charge >= 0.3 is 0 Å². The summed E-state index contributed by atoms with van der Waals surface area (Å²) in [4.78, 5) is 0. The standard InChI is InChI=1S/C16H27NO2/c1-4-11-17-16(10-7-12-18-3)14-8-6-9-15(13-14)19-5-2/h6,8-9,13,16-17H,4-5,7,10-12H2,1-3H3. The lowest BCUT2D eigenvalue weighted by molar-refractivity contribution is 0.188. The van der Waals surface area contributed by atoms with Crippen molar-refractivity contribution in [2.45, 2.75) is 39.2 Å². The fraction of sp³-hybridized carbons (Fsp3) is 0.625. The van der Waals surface area contributed by atoms with Crippen LogP contribution in [0.4, 0.5) is 0 Å². The predicted molar refractivity (Wildman–Crippen MR) is 79.8 cm³/mol. The summed E-state index contributed by atoms with van der Waals surface area (Å²) in [6, 6.07) is 8.78. The van der Waals surface area contributed by atoms with E-state index in [1.165, 1.54) is 5.56 Å². The van der Waals surface area contributed by atoms with E-state index in [0.717, 1.165) is 38.2 Å². The normalized spacial score (nSPS) is 12.4. The molecule has 3 heteroatoms. The first kappa shape index (κ1) is 16.0. The van der Waals surface area contributed by atoms with Gasteiger partial charge in [-0.15, -0.1) is 0 Å². The van der Waals surface area contributed by atoms with Crippen LogP contribution in [0.1, 0.15) is 44.7 Å². The monoisotopic (exact) mass is 265 g/mol. The predicted octanol–water partition coefficient (Wildman–Crippen LogP) is 3.55. The molecule has 0 fully saturated rings. The van der Waals surface area contributed by atoms with E-state index in [1.54, 1.807) is 7.11 Å². The molecule has 1 aromatic carbocycles. The van der Waals surface area contributed by atoms with Crippen LogP contribution in [0.25, 0.3) is 0 Å². The molecule has 1 rings (SSSR count). The van der Waals surface area contributed by atoms with Gasteiger partial charge in [-0.05, 0) is 50.4 Å². The van der Waals surface area contributed by atoms with Gasteiger partial charge in [0.25, 0.3) is 0 Å². The van der Waals surface area contributed by atoms with Gasteiger partial charge in [-0.1, -0.05) is 19.1 Å². The minimum atomic E-state index is 0.385. The molecule has 0 saturated carbocycles. The molecule has 1 N–H and O–H groups in total. The molecule has 1 aromatic rings. The first-order valence-electron chi connectivity index (χ1n) is 7.26. The molecule has 0 aliphatic rings. The maximum atomic E-state index is 5.57. The van der Waals surface area contributed by atoms with E-state index in [0.29, 0.717) is 12.6 Å². The van der Waals surface area contributed by atoms with Crippen molar-refractivity contribution in [2.75, 3.05) is 26.9 Å². The summed E-state index contributed by atoms with van der Waals surface area (Å²) < 4.78 is 10.7. The molecule has 3 nitrogen and oxygen atoms in total. The molecule has 1 unspecified atom stereocenters. The summed E-state index contributed by atoms with van der Waals surface area (Å²) in [6.07, 6.45) is 3.30. The second-order valence-corrected chi connectivity index (χ2v) is 4.65. The summed E-state index contributed by atoms with van der Waals surface area (Å²) in [7, 11) is 1.75. The van der Waals surface area contributed by atoms with Crippen molar-refractivity contribution < 1.29 is 9.47 Å². The minimum Gasteiger partial charge on any atom is -0.494 e. The Morgan fingerprint density at radius 1 is 1.26 bits per heavy atom. The molecule has 108 valence electrons. The zero-order chi connectivity index (χ0) is 13.9. The third-order valence-electron chi connectivity index (χ3n) is 3.05. The van der Waals surface area contributed by atoms with Crippen LogP contribution < -0.4 is 10.1 Å². The molecule has 0 amide bonds. The molecule has 0 heterocycles. The smallest absolute Gasteiger partial charge is 0.119 e. The van der Waals surface area contributed by atoms with Crippen LogP contribution in [-0.2, 0) is 4.74 Å². The Bertz CT molecular complexity index is 341. The van der Waals surface area contributed by atoms with Gasteiger partial charge in [0.05, 0.1) is 6.61 Å². The molecule has 0 aliphatic carbocycles. The van der Waals surface area contributed by atoms with E-state index in [1.807, 2.05) is 13.0 Å². The number of methoxy groups -OCH3 is 1. The van der Waals surface area contributed by atoms with Crippen LogP contribution in [0.2, 0.25) is 0 Å². The molecule has 0 spiro atoms. The lowest BCUT2D eigenvalue weighted by Crippen LogP contribution is -2.22. The maximum absolute atomic E-state index is 5.57. The van der Waals surface area contributed by atoms with E-state index in [4.69, 9.17) is 9.47 Å².